The molecule has 78 valence electrons. The second-order valence-corrected chi connectivity index (χ2v) is 4.54. The fourth-order valence-electron chi connectivity index (χ4n) is 1.58. The number of aromatic nitrogens is 1. The van der Waals surface area contributed by atoms with Gasteiger partial charge in [-0.3, -0.25) is 4.79 Å². The van der Waals surface area contributed by atoms with Crippen LogP contribution >= 0.6 is 11.3 Å². The lowest BCUT2D eigenvalue weighted by Gasteiger charge is -2.04. The van der Waals surface area contributed by atoms with Crippen LogP contribution in [0.5, 0.6) is 0 Å². The Morgan fingerprint density at radius 3 is 2.88 bits per heavy atom. The Balaban J connectivity index is 2.46. The summed E-state index contributed by atoms with van der Waals surface area (Å²) < 4.78 is 13.8. The summed E-state index contributed by atoms with van der Waals surface area (Å²) >= 11 is 1.38. The van der Waals surface area contributed by atoms with Crippen molar-refractivity contribution in [3.63, 3.8) is 0 Å². The van der Waals surface area contributed by atoms with Crippen LogP contribution in [-0.4, -0.2) is 4.98 Å². The maximum absolute atomic E-state index is 13.0. The number of hydrogen-bond donors (Lipinski definition) is 0. The van der Waals surface area contributed by atoms with Crippen LogP contribution < -0.4 is 5.43 Å². The van der Waals surface area contributed by atoms with E-state index < -0.39 is 0 Å². The molecule has 0 atom stereocenters. The highest BCUT2D eigenvalue weighted by Gasteiger charge is 2.07. The Bertz CT molecular complexity index is 707. The molecule has 0 bridgehead atoms. The maximum Gasteiger partial charge on any atom is 0.180 e. The van der Waals surface area contributed by atoms with Gasteiger partial charge >= 0.3 is 0 Å². The Hall–Kier alpha value is -1.81. The molecule has 1 aromatic carbocycles. The van der Waals surface area contributed by atoms with Gasteiger partial charge in [0.25, 0.3) is 0 Å². The molecule has 3 rings (SSSR count). The largest absolute Gasteiger partial charge is 0.290 e. The van der Waals surface area contributed by atoms with Crippen LogP contribution in [0.3, 0.4) is 0 Å². The smallest absolute Gasteiger partial charge is 0.180 e. The third kappa shape index (κ3) is 1.47. The molecule has 16 heavy (non-hydrogen) atoms. The molecule has 0 amide bonds. The molecule has 0 unspecified atom stereocenters. The zero-order valence-electron chi connectivity index (χ0n) is 8.11. The molecule has 0 radical (unpaired) electrons. The van der Waals surface area contributed by atoms with Crippen LogP contribution in [0, 0.1) is 5.82 Å². The highest BCUT2D eigenvalue weighted by atomic mass is 32.1. The van der Waals surface area contributed by atoms with Crippen molar-refractivity contribution >= 4 is 21.6 Å². The molecule has 0 spiro atoms. The summed E-state index contributed by atoms with van der Waals surface area (Å²) in [6, 6.07) is 9.16. The van der Waals surface area contributed by atoms with Crippen LogP contribution in [0.2, 0.25) is 0 Å². The van der Waals surface area contributed by atoms with E-state index in [1.807, 2.05) is 0 Å². The van der Waals surface area contributed by atoms with Gasteiger partial charge in [-0.15, -0.1) is 11.3 Å². The Kier molecular flexibility index (Phi) is 1.97. The lowest BCUT2D eigenvalue weighted by molar-refractivity contribution is 0.630. The van der Waals surface area contributed by atoms with E-state index in [1.165, 1.54) is 35.6 Å². The van der Waals surface area contributed by atoms with Crippen molar-refractivity contribution in [1.29, 1.82) is 0 Å². The van der Waals surface area contributed by atoms with Gasteiger partial charge in [0.2, 0.25) is 0 Å². The van der Waals surface area contributed by atoms with E-state index in [2.05, 4.69) is 4.98 Å². The van der Waals surface area contributed by atoms with E-state index >= 15 is 0 Å². The lowest BCUT2D eigenvalue weighted by Crippen LogP contribution is -1.98. The summed E-state index contributed by atoms with van der Waals surface area (Å²) in [5.74, 6) is -0.289. The van der Waals surface area contributed by atoms with Crippen molar-refractivity contribution in [2.24, 2.45) is 0 Å². The minimum Gasteiger partial charge on any atom is -0.290 e. The maximum atomic E-state index is 13.0. The summed E-state index contributed by atoms with van der Waals surface area (Å²) in [7, 11) is 0. The van der Waals surface area contributed by atoms with E-state index in [9.17, 15) is 9.18 Å². The van der Waals surface area contributed by atoms with E-state index in [0.717, 1.165) is 20.8 Å². The predicted octanol–water partition coefficient (Wildman–Crippen LogP) is 2.90. The molecule has 0 fully saturated rings. The van der Waals surface area contributed by atoms with Crippen molar-refractivity contribution in [3.05, 3.63) is 52.4 Å². The van der Waals surface area contributed by atoms with Crippen LogP contribution in [0.1, 0.15) is 0 Å². The number of hydrogen-bond acceptors (Lipinski definition) is 3. The first-order valence-electron chi connectivity index (χ1n) is 4.72. The zero-order chi connectivity index (χ0) is 11.1. The van der Waals surface area contributed by atoms with E-state index in [4.69, 9.17) is 0 Å². The molecule has 1 aliphatic carbocycles. The molecule has 0 saturated carbocycles. The molecule has 1 aliphatic heterocycles. The van der Waals surface area contributed by atoms with Crippen molar-refractivity contribution in [1.82, 2.24) is 4.98 Å². The lowest BCUT2D eigenvalue weighted by atomic mass is 10.2. The number of rotatable bonds is 0. The third-order valence-electron chi connectivity index (χ3n) is 2.31. The van der Waals surface area contributed by atoms with Gasteiger partial charge in [0.15, 0.2) is 5.43 Å². The normalized spacial score (nSPS) is 11.1. The molecule has 2 aliphatic rings. The van der Waals surface area contributed by atoms with Gasteiger partial charge in [-0.25, -0.2) is 9.37 Å². The van der Waals surface area contributed by atoms with Crippen molar-refractivity contribution in [2.75, 3.05) is 0 Å². The first-order valence-corrected chi connectivity index (χ1v) is 5.54. The van der Waals surface area contributed by atoms with Crippen LogP contribution in [-0.2, 0) is 0 Å². The zero-order valence-corrected chi connectivity index (χ0v) is 8.92. The van der Waals surface area contributed by atoms with Gasteiger partial charge in [0.05, 0.1) is 20.8 Å². The number of nitrogens with zero attached hydrogens (tertiary/aromatic N) is 1. The second-order valence-electron chi connectivity index (χ2n) is 3.46. The monoisotopic (exact) mass is 231 g/mol. The summed E-state index contributed by atoms with van der Waals surface area (Å²) in [5.41, 5.74) is 1.46. The number of benzene rings is 2. The summed E-state index contributed by atoms with van der Waals surface area (Å²) in [4.78, 5) is 16.3. The minimum absolute atomic E-state index is 0.0543. The van der Waals surface area contributed by atoms with E-state index in [1.54, 1.807) is 12.1 Å². The molecule has 0 N–H and O–H groups in total. The fourth-order valence-corrected chi connectivity index (χ4v) is 2.60. The van der Waals surface area contributed by atoms with Crippen LogP contribution in [0.25, 0.3) is 20.8 Å². The average Bonchev–Trinajstić information content (AvgIpc) is 2.26. The first kappa shape index (κ1) is 9.42. The van der Waals surface area contributed by atoms with Gasteiger partial charge in [0.1, 0.15) is 5.82 Å². The minimum atomic E-state index is -0.289. The van der Waals surface area contributed by atoms with Crippen molar-refractivity contribution < 1.29 is 4.39 Å². The molecule has 4 heteroatoms. The summed E-state index contributed by atoms with van der Waals surface area (Å²) in [6.07, 6.45) is 0. The summed E-state index contributed by atoms with van der Waals surface area (Å²) in [6.45, 7) is 0. The van der Waals surface area contributed by atoms with Gasteiger partial charge < -0.3 is 0 Å². The molecule has 0 saturated heterocycles. The first-order chi connectivity index (χ1) is 7.72. The standard InChI is InChI=1S/C12H6FNOS/c13-7-1-3-9-11(5-7)16-12-6-8(15)2-4-10(12)14-9/h1-6H. The van der Waals surface area contributed by atoms with Gasteiger partial charge in [-0.05, 0) is 30.3 Å². The van der Waals surface area contributed by atoms with Crippen molar-refractivity contribution in [3.8, 4) is 10.6 Å². The van der Waals surface area contributed by atoms with Crippen molar-refractivity contribution in [2.45, 2.75) is 0 Å². The van der Waals surface area contributed by atoms with Crippen LogP contribution in [0.4, 0.5) is 4.39 Å². The molecular formula is C12H6FNOS. The van der Waals surface area contributed by atoms with Crippen LogP contribution in [0.15, 0.2) is 41.2 Å². The quantitative estimate of drug-likeness (QED) is 0.557. The van der Waals surface area contributed by atoms with Gasteiger partial charge in [-0.2, -0.15) is 0 Å². The highest BCUT2D eigenvalue weighted by molar-refractivity contribution is 7.21. The summed E-state index contributed by atoms with van der Waals surface area (Å²) in [5, 5.41) is 0. The molecule has 1 aromatic rings. The van der Waals surface area contributed by atoms with E-state index in [0.29, 0.717) is 0 Å². The highest BCUT2D eigenvalue weighted by Crippen LogP contribution is 2.29. The molecule has 0 aromatic heterocycles. The fraction of sp³-hybridized carbons (Fsp3) is 0. The third-order valence-corrected chi connectivity index (χ3v) is 3.41. The SMILES string of the molecule is O=c1ccc2nc3ccc(F)cc3sc-2c1. The molecule has 1 heterocycles. The second kappa shape index (κ2) is 3.35. The average molecular weight is 231 g/mol. The molecular weight excluding hydrogens is 225 g/mol. The Morgan fingerprint density at radius 1 is 1.12 bits per heavy atom. The predicted molar refractivity (Wildman–Crippen MR) is 62.5 cm³/mol. The Labute approximate surface area is 94.3 Å². The van der Waals surface area contributed by atoms with Gasteiger partial charge in [0, 0.05) is 6.07 Å². The number of halogens is 1. The topological polar surface area (TPSA) is 30.0 Å². The number of fused-ring (bicyclic) bond motifs is 2. The van der Waals surface area contributed by atoms with E-state index in [-0.39, 0.29) is 11.2 Å². The van der Waals surface area contributed by atoms with Gasteiger partial charge in [-0.1, -0.05) is 0 Å². The molecule has 2 nitrogen and oxygen atoms in total. The Morgan fingerprint density at radius 2 is 2.00 bits per heavy atom.